The van der Waals surface area contributed by atoms with Crippen molar-refractivity contribution in [1.29, 1.82) is 0 Å². The van der Waals surface area contributed by atoms with Gasteiger partial charge in [0, 0.05) is 5.56 Å². The zero-order chi connectivity index (χ0) is 14.1. The number of carbonyl (C=O) groups excluding carboxylic acids is 1. The Labute approximate surface area is 115 Å². The molecule has 3 nitrogen and oxygen atoms in total. The van der Waals surface area contributed by atoms with Crippen molar-refractivity contribution in [2.75, 3.05) is 6.61 Å². The number of carbonyl (C=O) groups is 1. The number of nitrogens with one attached hydrogen (secondary N) is 1. The van der Waals surface area contributed by atoms with Gasteiger partial charge in [0.1, 0.15) is 5.75 Å². The average Bonchev–Trinajstić information content (AvgIpc) is 2.45. The lowest BCUT2D eigenvalue weighted by Gasteiger charge is -2.11. The molecule has 1 amide bonds. The molecule has 1 unspecified atom stereocenters. The Morgan fingerprint density at radius 3 is 2.58 bits per heavy atom. The number of ether oxygens (including phenoxy) is 1. The highest BCUT2D eigenvalue weighted by atomic mass is 16.5. The zero-order valence-electron chi connectivity index (χ0n) is 11.6. The van der Waals surface area contributed by atoms with Crippen molar-refractivity contribution in [2.24, 2.45) is 0 Å². The number of rotatable bonds is 7. The maximum atomic E-state index is 11.9. The molecule has 0 fully saturated rings. The van der Waals surface area contributed by atoms with Gasteiger partial charge in [-0.2, -0.15) is 0 Å². The van der Waals surface area contributed by atoms with Crippen molar-refractivity contribution in [3.63, 3.8) is 0 Å². The topological polar surface area (TPSA) is 38.3 Å². The summed E-state index contributed by atoms with van der Waals surface area (Å²) in [7, 11) is 0. The van der Waals surface area contributed by atoms with Crippen molar-refractivity contribution in [2.45, 2.75) is 39.2 Å². The SMILES string of the molecule is C#CC(CC)NC(=O)c1ccc(OCCCC)cc1. The minimum Gasteiger partial charge on any atom is -0.494 e. The Morgan fingerprint density at radius 1 is 1.37 bits per heavy atom. The molecule has 3 heteroatoms. The van der Waals surface area contributed by atoms with Crippen LogP contribution in [0, 0.1) is 12.3 Å². The summed E-state index contributed by atoms with van der Waals surface area (Å²) in [5.41, 5.74) is 0.594. The third kappa shape index (κ3) is 5.05. The van der Waals surface area contributed by atoms with Gasteiger partial charge in [-0.05, 0) is 37.1 Å². The smallest absolute Gasteiger partial charge is 0.252 e. The lowest BCUT2D eigenvalue weighted by atomic mass is 10.1. The molecular formula is C16H21NO2. The summed E-state index contributed by atoms with van der Waals surface area (Å²) in [5.74, 6) is 3.18. The monoisotopic (exact) mass is 259 g/mol. The Bertz CT molecular complexity index is 431. The molecule has 1 aromatic rings. The predicted molar refractivity (Wildman–Crippen MR) is 77.2 cm³/mol. The van der Waals surface area contributed by atoms with E-state index in [1.54, 1.807) is 24.3 Å². The van der Waals surface area contributed by atoms with Gasteiger partial charge in [0.15, 0.2) is 0 Å². The first-order valence-electron chi connectivity index (χ1n) is 6.71. The lowest BCUT2D eigenvalue weighted by molar-refractivity contribution is 0.0945. The van der Waals surface area contributed by atoms with Crippen LogP contribution in [0.4, 0.5) is 0 Å². The Kier molecular flexibility index (Phi) is 6.52. The summed E-state index contributed by atoms with van der Waals surface area (Å²) in [6.45, 7) is 4.76. The fourth-order valence-electron chi connectivity index (χ4n) is 1.54. The van der Waals surface area contributed by atoms with E-state index in [0.717, 1.165) is 25.0 Å². The van der Waals surface area contributed by atoms with Crippen molar-refractivity contribution in [3.8, 4) is 18.1 Å². The van der Waals surface area contributed by atoms with Crippen LogP contribution in [0.15, 0.2) is 24.3 Å². The van der Waals surface area contributed by atoms with Gasteiger partial charge in [0.25, 0.3) is 5.91 Å². The molecule has 0 aromatic heterocycles. The quantitative estimate of drug-likeness (QED) is 0.604. The number of amides is 1. The molecule has 102 valence electrons. The molecule has 1 atom stereocenters. The second-order valence-electron chi connectivity index (χ2n) is 4.33. The van der Waals surface area contributed by atoms with Crippen LogP contribution >= 0.6 is 0 Å². The maximum Gasteiger partial charge on any atom is 0.252 e. The number of hydrogen-bond acceptors (Lipinski definition) is 2. The van der Waals surface area contributed by atoms with Gasteiger partial charge in [-0.25, -0.2) is 0 Å². The van der Waals surface area contributed by atoms with E-state index in [9.17, 15) is 4.79 Å². The van der Waals surface area contributed by atoms with Gasteiger partial charge in [0.05, 0.1) is 12.6 Å². The second kappa shape index (κ2) is 8.20. The summed E-state index contributed by atoms with van der Waals surface area (Å²) in [4.78, 5) is 11.9. The second-order valence-corrected chi connectivity index (χ2v) is 4.33. The number of unbranched alkanes of at least 4 members (excludes halogenated alkanes) is 1. The van der Waals surface area contributed by atoms with Crippen LogP contribution < -0.4 is 10.1 Å². The van der Waals surface area contributed by atoms with Crippen LogP contribution in [0.1, 0.15) is 43.5 Å². The number of hydrogen-bond donors (Lipinski definition) is 1. The fraction of sp³-hybridized carbons (Fsp3) is 0.438. The zero-order valence-corrected chi connectivity index (χ0v) is 11.6. The molecule has 19 heavy (non-hydrogen) atoms. The van der Waals surface area contributed by atoms with E-state index in [1.165, 1.54) is 0 Å². The van der Waals surface area contributed by atoms with Gasteiger partial charge in [-0.15, -0.1) is 6.42 Å². The molecular weight excluding hydrogens is 238 g/mol. The van der Waals surface area contributed by atoms with E-state index in [0.29, 0.717) is 12.2 Å². The van der Waals surface area contributed by atoms with Crippen LogP contribution in [-0.4, -0.2) is 18.6 Å². The van der Waals surface area contributed by atoms with E-state index in [1.807, 2.05) is 6.92 Å². The minimum absolute atomic E-state index is 0.148. The summed E-state index contributed by atoms with van der Waals surface area (Å²) in [5, 5.41) is 2.79. The predicted octanol–water partition coefficient (Wildman–Crippen LogP) is 3.01. The van der Waals surface area contributed by atoms with E-state index < -0.39 is 0 Å². The van der Waals surface area contributed by atoms with Gasteiger partial charge < -0.3 is 10.1 Å². The van der Waals surface area contributed by atoms with Gasteiger partial charge in [0.2, 0.25) is 0 Å². The van der Waals surface area contributed by atoms with Crippen molar-refractivity contribution in [1.82, 2.24) is 5.32 Å². The van der Waals surface area contributed by atoms with Crippen LogP contribution in [0.25, 0.3) is 0 Å². The van der Waals surface area contributed by atoms with Gasteiger partial charge >= 0.3 is 0 Å². The number of benzene rings is 1. The van der Waals surface area contributed by atoms with E-state index in [-0.39, 0.29) is 11.9 Å². The molecule has 0 aliphatic carbocycles. The molecule has 0 aliphatic heterocycles. The van der Waals surface area contributed by atoms with E-state index in [2.05, 4.69) is 18.2 Å². The molecule has 0 bridgehead atoms. The first kappa shape index (κ1) is 15.1. The lowest BCUT2D eigenvalue weighted by Crippen LogP contribution is -2.33. The Hall–Kier alpha value is -1.95. The normalized spacial score (nSPS) is 11.4. The highest BCUT2D eigenvalue weighted by Gasteiger charge is 2.09. The fourth-order valence-corrected chi connectivity index (χ4v) is 1.54. The van der Waals surface area contributed by atoms with Crippen LogP contribution in [0.2, 0.25) is 0 Å². The molecule has 0 heterocycles. The largest absolute Gasteiger partial charge is 0.494 e. The Balaban J connectivity index is 2.56. The standard InChI is InChI=1S/C16H21NO2/c1-4-7-12-19-15-10-8-13(9-11-15)16(18)17-14(5-2)6-3/h2,8-11,14H,4,6-7,12H2,1,3H3,(H,17,18). The third-order valence-corrected chi connectivity index (χ3v) is 2.80. The molecule has 1 aromatic carbocycles. The average molecular weight is 259 g/mol. The highest BCUT2D eigenvalue weighted by Crippen LogP contribution is 2.13. The third-order valence-electron chi connectivity index (χ3n) is 2.80. The molecule has 0 spiro atoms. The highest BCUT2D eigenvalue weighted by molar-refractivity contribution is 5.94. The molecule has 1 N–H and O–H groups in total. The van der Waals surface area contributed by atoms with Crippen LogP contribution in [0.5, 0.6) is 5.75 Å². The van der Waals surface area contributed by atoms with Crippen LogP contribution in [-0.2, 0) is 0 Å². The Morgan fingerprint density at radius 2 is 2.05 bits per heavy atom. The maximum absolute atomic E-state index is 11.9. The van der Waals surface area contributed by atoms with Gasteiger partial charge in [-0.3, -0.25) is 4.79 Å². The molecule has 0 radical (unpaired) electrons. The van der Waals surface area contributed by atoms with E-state index >= 15 is 0 Å². The van der Waals surface area contributed by atoms with Crippen molar-refractivity contribution in [3.05, 3.63) is 29.8 Å². The summed E-state index contributed by atoms with van der Waals surface area (Å²) in [6, 6.07) is 6.90. The molecule has 1 rings (SSSR count). The van der Waals surface area contributed by atoms with E-state index in [4.69, 9.17) is 11.2 Å². The molecule has 0 saturated heterocycles. The summed E-state index contributed by atoms with van der Waals surface area (Å²) in [6.07, 6.45) is 8.17. The summed E-state index contributed by atoms with van der Waals surface area (Å²) >= 11 is 0. The van der Waals surface area contributed by atoms with Gasteiger partial charge in [-0.1, -0.05) is 26.2 Å². The minimum atomic E-state index is -0.215. The first-order valence-corrected chi connectivity index (χ1v) is 6.71. The molecule has 0 saturated carbocycles. The first-order chi connectivity index (χ1) is 9.21. The molecule has 0 aliphatic rings. The van der Waals surface area contributed by atoms with Crippen molar-refractivity contribution < 1.29 is 9.53 Å². The number of terminal acetylenes is 1. The van der Waals surface area contributed by atoms with Crippen LogP contribution in [0.3, 0.4) is 0 Å². The van der Waals surface area contributed by atoms with Crippen molar-refractivity contribution >= 4 is 5.91 Å². The summed E-state index contributed by atoms with van der Waals surface area (Å²) < 4.78 is 5.54.